The first kappa shape index (κ1) is 15.8. The average molecular weight is 343 g/mol. The predicted octanol–water partition coefficient (Wildman–Crippen LogP) is 5.60. The Bertz CT molecular complexity index is 742. The van der Waals surface area contributed by atoms with Crippen molar-refractivity contribution in [2.75, 3.05) is 5.32 Å². The molecular formula is C20H23ClN2O. The van der Waals surface area contributed by atoms with Gasteiger partial charge in [-0.1, -0.05) is 43.0 Å². The molecule has 4 heteroatoms. The van der Waals surface area contributed by atoms with Crippen LogP contribution in [0.4, 0.5) is 5.82 Å². The van der Waals surface area contributed by atoms with Gasteiger partial charge < -0.3 is 10.3 Å². The number of Topliss-reactive ketones (excluding diaryl/α,β-unsaturated/α-hetero) is 1. The Labute approximate surface area is 147 Å². The van der Waals surface area contributed by atoms with E-state index < -0.39 is 0 Å². The number of hydrogen-bond acceptors (Lipinski definition) is 2. The van der Waals surface area contributed by atoms with E-state index >= 15 is 0 Å². The van der Waals surface area contributed by atoms with Crippen LogP contribution in [0.15, 0.2) is 24.3 Å². The molecule has 2 aromatic rings. The monoisotopic (exact) mass is 342 g/mol. The maximum Gasteiger partial charge on any atom is 0.165 e. The molecule has 1 aromatic carbocycles. The van der Waals surface area contributed by atoms with Gasteiger partial charge in [0.05, 0.1) is 0 Å². The van der Waals surface area contributed by atoms with Gasteiger partial charge in [-0.05, 0) is 43.4 Å². The summed E-state index contributed by atoms with van der Waals surface area (Å²) in [4.78, 5) is 16.1. The van der Waals surface area contributed by atoms with Gasteiger partial charge in [0.25, 0.3) is 0 Å². The molecule has 1 heterocycles. The third-order valence-electron chi connectivity index (χ3n) is 5.27. The first-order valence-corrected chi connectivity index (χ1v) is 9.40. The Balaban J connectivity index is 1.77. The van der Waals surface area contributed by atoms with Gasteiger partial charge in [0, 0.05) is 34.3 Å². The number of aromatic nitrogens is 1. The molecule has 126 valence electrons. The number of rotatable bonds is 3. The third kappa shape index (κ3) is 2.98. The van der Waals surface area contributed by atoms with Crippen LogP contribution in [0.2, 0.25) is 5.02 Å². The third-order valence-corrected chi connectivity index (χ3v) is 5.53. The van der Waals surface area contributed by atoms with Gasteiger partial charge in [-0.2, -0.15) is 0 Å². The number of aryl methyl sites for hydroxylation is 1. The molecule has 0 bridgehead atoms. The van der Waals surface area contributed by atoms with Crippen molar-refractivity contribution >= 4 is 23.2 Å². The van der Waals surface area contributed by atoms with Crippen LogP contribution in [0, 0.1) is 0 Å². The summed E-state index contributed by atoms with van der Waals surface area (Å²) in [5.41, 5.74) is 4.08. The van der Waals surface area contributed by atoms with Crippen LogP contribution in [0.1, 0.15) is 61.0 Å². The van der Waals surface area contributed by atoms with E-state index in [0.717, 1.165) is 46.1 Å². The highest BCUT2D eigenvalue weighted by Crippen LogP contribution is 2.39. The SMILES string of the molecule is O=C1CCCc2[nH]c(NC3CCCCC3)c(-c3ccc(Cl)cc3)c21. The fourth-order valence-corrected chi connectivity index (χ4v) is 4.19. The molecule has 2 aliphatic carbocycles. The number of aromatic amines is 1. The average Bonchev–Trinajstić information content (AvgIpc) is 2.96. The highest BCUT2D eigenvalue weighted by molar-refractivity contribution is 6.30. The van der Waals surface area contributed by atoms with Crippen molar-refractivity contribution in [3.63, 3.8) is 0 Å². The second-order valence-corrected chi connectivity index (χ2v) is 7.43. The highest BCUT2D eigenvalue weighted by Gasteiger charge is 2.28. The zero-order valence-electron chi connectivity index (χ0n) is 13.8. The van der Waals surface area contributed by atoms with Crippen LogP contribution in [0.3, 0.4) is 0 Å². The Morgan fingerprint density at radius 1 is 0.958 bits per heavy atom. The van der Waals surface area contributed by atoms with E-state index in [2.05, 4.69) is 10.3 Å². The molecule has 0 amide bonds. The minimum atomic E-state index is 0.258. The summed E-state index contributed by atoms with van der Waals surface area (Å²) in [7, 11) is 0. The molecule has 3 nitrogen and oxygen atoms in total. The molecule has 0 atom stereocenters. The van der Waals surface area contributed by atoms with Crippen molar-refractivity contribution in [2.24, 2.45) is 0 Å². The number of nitrogens with one attached hydrogen (secondary N) is 2. The second-order valence-electron chi connectivity index (χ2n) is 6.99. The Hall–Kier alpha value is -1.74. The molecule has 1 fully saturated rings. The van der Waals surface area contributed by atoms with Crippen LogP contribution < -0.4 is 5.32 Å². The summed E-state index contributed by atoms with van der Waals surface area (Å²) in [6.45, 7) is 0. The number of hydrogen-bond donors (Lipinski definition) is 2. The number of fused-ring (bicyclic) bond motifs is 1. The lowest BCUT2D eigenvalue weighted by Crippen LogP contribution is -2.22. The molecule has 2 N–H and O–H groups in total. The van der Waals surface area contributed by atoms with E-state index in [9.17, 15) is 4.79 Å². The van der Waals surface area contributed by atoms with Gasteiger partial charge in [-0.25, -0.2) is 0 Å². The van der Waals surface area contributed by atoms with Crippen molar-refractivity contribution < 1.29 is 4.79 Å². The zero-order chi connectivity index (χ0) is 16.5. The molecule has 0 spiro atoms. The van der Waals surface area contributed by atoms with E-state index in [-0.39, 0.29) is 5.78 Å². The molecule has 2 aliphatic rings. The lowest BCUT2D eigenvalue weighted by atomic mass is 9.90. The summed E-state index contributed by atoms with van der Waals surface area (Å²) in [5, 5.41) is 4.42. The molecule has 0 saturated heterocycles. The van der Waals surface area contributed by atoms with Crippen LogP contribution in [-0.2, 0) is 6.42 Å². The fourth-order valence-electron chi connectivity index (χ4n) is 4.06. The van der Waals surface area contributed by atoms with Gasteiger partial charge in [0.1, 0.15) is 5.82 Å². The molecular weight excluding hydrogens is 320 g/mol. The first-order chi connectivity index (χ1) is 11.7. The number of ketones is 1. The van der Waals surface area contributed by atoms with Gasteiger partial charge in [0.15, 0.2) is 5.78 Å². The van der Waals surface area contributed by atoms with Crippen molar-refractivity contribution in [2.45, 2.75) is 57.4 Å². The molecule has 0 radical (unpaired) electrons. The topological polar surface area (TPSA) is 44.9 Å². The predicted molar refractivity (Wildman–Crippen MR) is 99.0 cm³/mol. The summed E-state index contributed by atoms with van der Waals surface area (Å²) in [5.74, 6) is 1.28. The number of carbonyl (C=O) groups excluding carboxylic acids is 1. The highest BCUT2D eigenvalue weighted by atomic mass is 35.5. The minimum absolute atomic E-state index is 0.258. The summed E-state index contributed by atoms with van der Waals surface area (Å²) >= 11 is 6.05. The summed E-state index contributed by atoms with van der Waals surface area (Å²) < 4.78 is 0. The van der Waals surface area contributed by atoms with E-state index in [1.807, 2.05) is 24.3 Å². The normalized spacial score (nSPS) is 18.5. The lowest BCUT2D eigenvalue weighted by Gasteiger charge is -2.24. The summed E-state index contributed by atoms with van der Waals surface area (Å²) in [6.07, 6.45) is 8.86. The van der Waals surface area contributed by atoms with Crippen LogP contribution in [0.25, 0.3) is 11.1 Å². The van der Waals surface area contributed by atoms with E-state index in [0.29, 0.717) is 12.5 Å². The van der Waals surface area contributed by atoms with Crippen molar-refractivity contribution in [3.05, 3.63) is 40.5 Å². The fraction of sp³-hybridized carbons (Fsp3) is 0.450. The van der Waals surface area contributed by atoms with Crippen molar-refractivity contribution in [1.82, 2.24) is 4.98 Å². The van der Waals surface area contributed by atoms with E-state index in [1.165, 1.54) is 32.1 Å². The standard InChI is InChI=1S/C20H23ClN2O/c21-14-11-9-13(10-12-14)18-19-16(7-4-8-17(19)24)23-20(18)22-15-5-2-1-3-6-15/h9-12,15,22-23H,1-8H2. The molecule has 24 heavy (non-hydrogen) atoms. The Morgan fingerprint density at radius 3 is 2.46 bits per heavy atom. The van der Waals surface area contributed by atoms with Crippen LogP contribution in [-0.4, -0.2) is 16.8 Å². The first-order valence-electron chi connectivity index (χ1n) is 9.03. The maximum absolute atomic E-state index is 12.6. The Kier molecular flexibility index (Phi) is 4.36. The minimum Gasteiger partial charge on any atom is -0.368 e. The van der Waals surface area contributed by atoms with Crippen LogP contribution >= 0.6 is 11.6 Å². The second kappa shape index (κ2) is 6.64. The number of anilines is 1. The lowest BCUT2D eigenvalue weighted by molar-refractivity contribution is 0.0973. The smallest absolute Gasteiger partial charge is 0.165 e. The van der Waals surface area contributed by atoms with Gasteiger partial charge >= 0.3 is 0 Å². The molecule has 1 saturated carbocycles. The maximum atomic E-state index is 12.6. The molecule has 4 rings (SSSR count). The largest absolute Gasteiger partial charge is 0.368 e. The van der Waals surface area contributed by atoms with Gasteiger partial charge in [0.2, 0.25) is 0 Å². The Morgan fingerprint density at radius 2 is 1.71 bits per heavy atom. The number of H-pyrrole nitrogens is 1. The van der Waals surface area contributed by atoms with Gasteiger partial charge in [-0.15, -0.1) is 0 Å². The van der Waals surface area contributed by atoms with Crippen molar-refractivity contribution in [3.8, 4) is 11.1 Å². The molecule has 1 aromatic heterocycles. The zero-order valence-corrected chi connectivity index (χ0v) is 14.6. The summed E-state index contributed by atoms with van der Waals surface area (Å²) in [6, 6.07) is 8.32. The van der Waals surface area contributed by atoms with Crippen LogP contribution in [0.5, 0.6) is 0 Å². The molecule has 0 aliphatic heterocycles. The van der Waals surface area contributed by atoms with Gasteiger partial charge in [-0.3, -0.25) is 4.79 Å². The molecule has 0 unspecified atom stereocenters. The van der Waals surface area contributed by atoms with Crippen molar-refractivity contribution in [1.29, 1.82) is 0 Å². The quantitative estimate of drug-likeness (QED) is 0.762. The van der Waals surface area contributed by atoms with E-state index in [4.69, 9.17) is 11.6 Å². The number of carbonyl (C=O) groups is 1. The van der Waals surface area contributed by atoms with E-state index in [1.54, 1.807) is 0 Å². The number of halogens is 1. The number of benzene rings is 1.